The molecule has 5 nitrogen and oxygen atoms in total. The molecule has 3 aromatic carbocycles. The molecule has 1 saturated heterocycles. The van der Waals surface area contributed by atoms with Gasteiger partial charge in [0.1, 0.15) is 22.4 Å². The van der Waals surface area contributed by atoms with Crippen LogP contribution in [0.15, 0.2) is 90.0 Å². The minimum absolute atomic E-state index is 0.103. The molecule has 0 bridgehead atoms. The molecule has 2 heterocycles. The van der Waals surface area contributed by atoms with Crippen molar-refractivity contribution in [2.75, 3.05) is 7.05 Å². The molecule has 1 aromatic heterocycles. The van der Waals surface area contributed by atoms with Crippen LogP contribution in [0.3, 0.4) is 0 Å². The van der Waals surface area contributed by atoms with Crippen LogP contribution in [0, 0.1) is 6.92 Å². The Labute approximate surface area is 214 Å². The number of para-hydroxylation sites is 1. The number of carbonyl (C=O) groups excluding carboxylic acids is 1. The van der Waals surface area contributed by atoms with E-state index in [1.807, 2.05) is 71.6 Å². The number of carbonyl (C=O) groups is 1. The maximum absolute atomic E-state index is 12.6. The summed E-state index contributed by atoms with van der Waals surface area (Å²) in [6.07, 6.45) is 3.80. The number of likely N-dealkylation sites (N-methyl/N-ethyl adjacent to an activating group) is 1. The Balaban J connectivity index is 1.50. The number of rotatable bonds is 6. The second kappa shape index (κ2) is 9.90. The fraction of sp³-hybridized carbons (Fsp3) is 0.107. The Morgan fingerprint density at radius 1 is 1.03 bits per heavy atom. The van der Waals surface area contributed by atoms with Crippen molar-refractivity contribution in [1.29, 1.82) is 0 Å². The van der Waals surface area contributed by atoms with Crippen LogP contribution >= 0.6 is 24.0 Å². The molecule has 0 radical (unpaired) electrons. The van der Waals surface area contributed by atoms with Crippen LogP contribution in [0.25, 0.3) is 23.0 Å². The molecule has 4 aromatic rings. The lowest BCUT2D eigenvalue weighted by Gasteiger charge is -2.08. The Morgan fingerprint density at radius 2 is 1.80 bits per heavy atom. The summed E-state index contributed by atoms with van der Waals surface area (Å²) in [7, 11) is 1.70. The van der Waals surface area contributed by atoms with E-state index < -0.39 is 0 Å². The van der Waals surface area contributed by atoms with Crippen molar-refractivity contribution >= 4 is 40.3 Å². The van der Waals surface area contributed by atoms with Crippen LogP contribution in [0.1, 0.15) is 16.7 Å². The van der Waals surface area contributed by atoms with Gasteiger partial charge in [-0.25, -0.2) is 4.68 Å². The van der Waals surface area contributed by atoms with Crippen molar-refractivity contribution in [2.24, 2.45) is 0 Å². The van der Waals surface area contributed by atoms with Gasteiger partial charge >= 0.3 is 0 Å². The maximum atomic E-state index is 12.6. The van der Waals surface area contributed by atoms with Gasteiger partial charge in [0.2, 0.25) is 0 Å². The van der Waals surface area contributed by atoms with Gasteiger partial charge in [-0.3, -0.25) is 9.69 Å². The first-order chi connectivity index (χ1) is 17.0. The molecule has 0 atom stereocenters. The molecule has 0 aliphatic carbocycles. The lowest BCUT2D eigenvalue weighted by atomic mass is 10.1. The van der Waals surface area contributed by atoms with E-state index in [1.165, 1.54) is 22.2 Å². The topological polar surface area (TPSA) is 47.4 Å². The quantitative estimate of drug-likeness (QED) is 0.233. The molecule has 35 heavy (non-hydrogen) atoms. The number of amides is 1. The molecule has 1 amide bonds. The average Bonchev–Trinajstić information content (AvgIpc) is 3.41. The second-order valence-electron chi connectivity index (χ2n) is 8.26. The predicted octanol–water partition coefficient (Wildman–Crippen LogP) is 6.26. The molecule has 5 rings (SSSR count). The Kier molecular flexibility index (Phi) is 6.53. The number of benzene rings is 3. The molecule has 0 spiro atoms. The summed E-state index contributed by atoms with van der Waals surface area (Å²) in [5.74, 6) is 0.650. The average molecular weight is 498 g/mol. The first-order valence-corrected chi connectivity index (χ1v) is 12.4. The van der Waals surface area contributed by atoms with E-state index in [2.05, 4.69) is 31.2 Å². The second-order valence-corrected chi connectivity index (χ2v) is 9.93. The third kappa shape index (κ3) is 5.06. The van der Waals surface area contributed by atoms with E-state index in [0.717, 1.165) is 33.8 Å². The molecule has 1 aliphatic rings. The third-order valence-electron chi connectivity index (χ3n) is 5.67. The molecule has 7 heteroatoms. The van der Waals surface area contributed by atoms with Gasteiger partial charge in [-0.1, -0.05) is 84.1 Å². The van der Waals surface area contributed by atoms with Gasteiger partial charge in [-0.15, -0.1) is 0 Å². The molecule has 0 unspecified atom stereocenters. The van der Waals surface area contributed by atoms with Gasteiger partial charge in [-0.05, 0) is 42.8 Å². The van der Waals surface area contributed by atoms with Crippen molar-refractivity contribution in [3.05, 3.63) is 107 Å². The van der Waals surface area contributed by atoms with Crippen molar-refractivity contribution < 1.29 is 9.53 Å². The molecule has 0 N–H and O–H groups in total. The van der Waals surface area contributed by atoms with E-state index in [9.17, 15) is 4.79 Å². The summed E-state index contributed by atoms with van der Waals surface area (Å²) in [5.41, 5.74) is 5.76. The smallest absolute Gasteiger partial charge is 0.265 e. The largest absolute Gasteiger partial charge is 0.489 e. The van der Waals surface area contributed by atoms with Crippen molar-refractivity contribution in [3.8, 4) is 22.7 Å². The highest BCUT2D eigenvalue weighted by Gasteiger charge is 2.29. The first kappa shape index (κ1) is 23.1. The SMILES string of the molecule is Cc1ccc(COc2cccc(-c3nn(-c4ccccc4)cc3C=C3SC(=S)N(C)C3=O)c2)cc1. The fourth-order valence-electron chi connectivity index (χ4n) is 3.70. The molecular formula is C28H23N3O2S2. The van der Waals surface area contributed by atoms with E-state index >= 15 is 0 Å². The summed E-state index contributed by atoms with van der Waals surface area (Å²) in [5, 5.41) is 4.87. The Hall–Kier alpha value is -3.68. The highest BCUT2D eigenvalue weighted by atomic mass is 32.2. The van der Waals surface area contributed by atoms with Crippen LogP contribution in [0.2, 0.25) is 0 Å². The number of hydrogen-bond acceptors (Lipinski definition) is 5. The number of thioether (sulfide) groups is 1. The zero-order chi connectivity index (χ0) is 24.4. The van der Waals surface area contributed by atoms with E-state index in [0.29, 0.717) is 15.8 Å². The van der Waals surface area contributed by atoms with E-state index in [-0.39, 0.29) is 5.91 Å². The molecule has 0 saturated carbocycles. The zero-order valence-electron chi connectivity index (χ0n) is 19.3. The highest BCUT2D eigenvalue weighted by Crippen LogP contribution is 2.34. The summed E-state index contributed by atoms with van der Waals surface area (Å²) >= 11 is 6.61. The minimum Gasteiger partial charge on any atom is -0.489 e. The highest BCUT2D eigenvalue weighted by molar-refractivity contribution is 8.26. The number of aryl methyl sites for hydroxylation is 1. The lowest BCUT2D eigenvalue weighted by molar-refractivity contribution is -0.121. The fourth-order valence-corrected chi connectivity index (χ4v) is 4.87. The number of ether oxygens (including phenoxy) is 1. The monoisotopic (exact) mass is 497 g/mol. The van der Waals surface area contributed by atoms with Crippen LogP contribution in [-0.4, -0.2) is 32.0 Å². The van der Waals surface area contributed by atoms with E-state index in [1.54, 1.807) is 7.05 Å². The Morgan fingerprint density at radius 3 is 2.51 bits per heavy atom. The van der Waals surface area contributed by atoms with Crippen molar-refractivity contribution in [1.82, 2.24) is 14.7 Å². The molecular weight excluding hydrogens is 474 g/mol. The maximum Gasteiger partial charge on any atom is 0.265 e. The molecule has 174 valence electrons. The van der Waals surface area contributed by atoms with Crippen LogP contribution in [-0.2, 0) is 11.4 Å². The van der Waals surface area contributed by atoms with Crippen molar-refractivity contribution in [3.63, 3.8) is 0 Å². The van der Waals surface area contributed by atoms with Crippen LogP contribution in [0.4, 0.5) is 0 Å². The van der Waals surface area contributed by atoms with Gasteiger partial charge in [0.25, 0.3) is 5.91 Å². The standard InChI is InChI=1S/C28H23N3O2S2/c1-19-11-13-20(14-12-19)18-33-24-10-6-7-21(15-24)26-22(16-25-27(32)30(2)28(34)35-25)17-31(29-26)23-8-4-3-5-9-23/h3-17H,18H2,1-2H3. The summed E-state index contributed by atoms with van der Waals surface area (Å²) in [6.45, 7) is 2.55. The number of nitrogens with zero attached hydrogens (tertiary/aromatic N) is 3. The molecule has 1 fully saturated rings. The van der Waals surface area contributed by atoms with Gasteiger partial charge < -0.3 is 4.74 Å². The first-order valence-electron chi connectivity index (χ1n) is 11.1. The van der Waals surface area contributed by atoms with Crippen LogP contribution in [0.5, 0.6) is 5.75 Å². The predicted molar refractivity (Wildman–Crippen MR) is 145 cm³/mol. The number of hydrogen-bond donors (Lipinski definition) is 0. The summed E-state index contributed by atoms with van der Waals surface area (Å²) in [4.78, 5) is 14.7. The van der Waals surface area contributed by atoms with Gasteiger partial charge in [0.15, 0.2) is 0 Å². The number of aromatic nitrogens is 2. The summed E-state index contributed by atoms with van der Waals surface area (Å²) < 4.78 is 8.45. The van der Waals surface area contributed by atoms with Gasteiger partial charge in [-0.2, -0.15) is 5.10 Å². The lowest BCUT2D eigenvalue weighted by Crippen LogP contribution is -2.22. The van der Waals surface area contributed by atoms with Crippen molar-refractivity contribution in [2.45, 2.75) is 13.5 Å². The normalized spacial score (nSPS) is 14.7. The zero-order valence-corrected chi connectivity index (χ0v) is 21.0. The van der Waals surface area contributed by atoms with Gasteiger partial charge in [0.05, 0.1) is 10.6 Å². The van der Waals surface area contributed by atoms with Gasteiger partial charge in [0, 0.05) is 24.4 Å². The number of thiocarbonyl (C=S) groups is 1. The minimum atomic E-state index is -0.103. The Bertz CT molecular complexity index is 1430. The van der Waals surface area contributed by atoms with Crippen LogP contribution < -0.4 is 4.74 Å². The third-order valence-corrected chi connectivity index (χ3v) is 7.15. The molecule has 1 aliphatic heterocycles. The summed E-state index contributed by atoms with van der Waals surface area (Å²) in [6, 6.07) is 26.1. The van der Waals surface area contributed by atoms with E-state index in [4.69, 9.17) is 22.1 Å².